The van der Waals surface area contributed by atoms with Crippen molar-refractivity contribution in [2.75, 3.05) is 6.61 Å². The molecule has 5 nitrogen and oxygen atoms in total. The SMILES string of the molecule is C[C@@H](NC(=O)c1ccc(-c2cccc(C(C)(C)C(F)(F)F)c2)[nH]1)c1ccc(OCC(F)(F)F)cn1. The van der Waals surface area contributed by atoms with Crippen LogP contribution >= 0.6 is 0 Å². The number of nitrogens with zero attached hydrogens (tertiary/aromatic N) is 1. The third-order valence-corrected chi connectivity index (χ3v) is 5.49. The van der Waals surface area contributed by atoms with Gasteiger partial charge < -0.3 is 15.0 Å². The van der Waals surface area contributed by atoms with Gasteiger partial charge in [-0.15, -0.1) is 0 Å². The van der Waals surface area contributed by atoms with E-state index < -0.39 is 36.3 Å². The quantitative estimate of drug-likeness (QED) is 0.373. The van der Waals surface area contributed by atoms with Crippen molar-refractivity contribution in [2.24, 2.45) is 0 Å². The minimum Gasteiger partial charge on any atom is -0.483 e. The number of hydrogen-bond acceptors (Lipinski definition) is 3. The highest BCUT2D eigenvalue weighted by Crippen LogP contribution is 2.41. The Labute approximate surface area is 197 Å². The number of hydrogen-bond donors (Lipinski definition) is 2. The van der Waals surface area contributed by atoms with E-state index in [0.29, 0.717) is 17.0 Å². The Balaban J connectivity index is 1.68. The maximum absolute atomic E-state index is 13.4. The van der Waals surface area contributed by atoms with Crippen LogP contribution in [0.15, 0.2) is 54.7 Å². The lowest BCUT2D eigenvalue weighted by Crippen LogP contribution is -2.36. The van der Waals surface area contributed by atoms with Gasteiger partial charge in [-0.25, -0.2) is 0 Å². The van der Waals surface area contributed by atoms with Gasteiger partial charge in [-0.1, -0.05) is 18.2 Å². The largest absolute Gasteiger partial charge is 0.483 e. The molecule has 0 aliphatic carbocycles. The summed E-state index contributed by atoms with van der Waals surface area (Å²) < 4.78 is 81.6. The third-order valence-electron chi connectivity index (χ3n) is 5.49. The highest BCUT2D eigenvalue weighted by molar-refractivity contribution is 5.93. The zero-order valence-corrected chi connectivity index (χ0v) is 19.0. The second-order valence-corrected chi connectivity index (χ2v) is 8.51. The van der Waals surface area contributed by atoms with Gasteiger partial charge in [0.15, 0.2) is 6.61 Å². The summed E-state index contributed by atoms with van der Waals surface area (Å²) in [6.07, 6.45) is -7.77. The number of alkyl halides is 6. The van der Waals surface area contributed by atoms with Crippen molar-refractivity contribution >= 4 is 5.91 Å². The predicted molar refractivity (Wildman–Crippen MR) is 117 cm³/mol. The summed E-state index contributed by atoms with van der Waals surface area (Å²) >= 11 is 0. The number of aromatic nitrogens is 2. The summed E-state index contributed by atoms with van der Waals surface area (Å²) in [4.78, 5) is 19.6. The van der Waals surface area contributed by atoms with Gasteiger partial charge >= 0.3 is 12.4 Å². The van der Waals surface area contributed by atoms with E-state index in [0.717, 1.165) is 20.0 Å². The summed E-state index contributed by atoms with van der Waals surface area (Å²) in [5.41, 5.74) is -0.435. The van der Waals surface area contributed by atoms with Crippen molar-refractivity contribution < 1.29 is 35.9 Å². The number of rotatable bonds is 7. The Kier molecular flexibility index (Phi) is 7.18. The van der Waals surface area contributed by atoms with Crippen LogP contribution in [0.4, 0.5) is 26.3 Å². The predicted octanol–water partition coefficient (Wildman–Crippen LogP) is 6.35. The van der Waals surface area contributed by atoms with Gasteiger partial charge in [0.2, 0.25) is 0 Å². The summed E-state index contributed by atoms with van der Waals surface area (Å²) in [5.74, 6) is -0.552. The monoisotopic (exact) mass is 499 g/mol. The number of nitrogens with one attached hydrogen (secondary N) is 2. The fraction of sp³-hybridized carbons (Fsp3) is 0.333. The lowest BCUT2D eigenvalue weighted by atomic mass is 9.83. The van der Waals surface area contributed by atoms with E-state index in [1.165, 1.54) is 36.4 Å². The first-order valence-electron chi connectivity index (χ1n) is 10.5. The number of benzene rings is 1. The maximum Gasteiger partial charge on any atom is 0.422 e. The first-order valence-corrected chi connectivity index (χ1v) is 10.5. The molecule has 11 heteroatoms. The summed E-state index contributed by atoms with van der Waals surface area (Å²) in [7, 11) is 0. The Morgan fingerprint density at radius 1 is 1.06 bits per heavy atom. The van der Waals surface area contributed by atoms with Crippen LogP contribution in [0.5, 0.6) is 5.75 Å². The number of aromatic amines is 1. The lowest BCUT2D eigenvalue weighted by molar-refractivity contribution is -0.180. The molecule has 0 spiro atoms. The summed E-state index contributed by atoms with van der Waals surface area (Å²) in [5, 5.41) is 2.71. The molecule has 1 amide bonds. The Morgan fingerprint density at radius 2 is 1.77 bits per heavy atom. The Hall–Kier alpha value is -3.50. The zero-order chi connectivity index (χ0) is 26.0. The van der Waals surface area contributed by atoms with E-state index in [1.807, 2.05) is 0 Å². The van der Waals surface area contributed by atoms with Gasteiger partial charge in [-0.05, 0) is 62.2 Å². The first-order chi connectivity index (χ1) is 16.2. The molecule has 1 aromatic carbocycles. The topological polar surface area (TPSA) is 67.0 Å². The number of H-pyrrole nitrogens is 1. The molecular weight excluding hydrogens is 476 g/mol. The first kappa shape index (κ1) is 26.1. The van der Waals surface area contributed by atoms with Gasteiger partial charge in [0.1, 0.15) is 11.4 Å². The van der Waals surface area contributed by atoms with Crippen LogP contribution in [0.3, 0.4) is 0 Å². The minimum absolute atomic E-state index is 0.0606. The van der Waals surface area contributed by atoms with Gasteiger partial charge in [0.05, 0.1) is 23.3 Å². The van der Waals surface area contributed by atoms with Crippen LogP contribution in [-0.2, 0) is 5.41 Å². The molecule has 0 saturated carbocycles. The number of carbonyl (C=O) groups excluding carboxylic acids is 1. The second-order valence-electron chi connectivity index (χ2n) is 8.51. The lowest BCUT2D eigenvalue weighted by Gasteiger charge is -2.28. The van der Waals surface area contributed by atoms with Crippen molar-refractivity contribution in [2.45, 2.75) is 44.6 Å². The zero-order valence-electron chi connectivity index (χ0n) is 19.0. The maximum atomic E-state index is 13.4. The van der Waals surface area contributed by atoms with E-state index in [9.17, 15) is 31.1 Å². The molecule has 0 saturated heterocycles. The number of ether oxygens (including phenoxy) is 1. The van der Waals surface area contributed by atoms with E-state index in [-0.39, 0.29) is 17.0 Å². The minimum atomic E-state index is -4.47. The Bertz CT molecular complexity index is 1170. The van der Waals surface area contributed by atoms with Crippen molar-refractivity contribution in [1.29, 1.82) is 0 Å². The van der Waals surface area contributed by atoms with Gasteiger partial charge in [-0.2, -0.15) is 26.3 Å². The summed E-state index contributed by atoms with van der Waals surface area (Å²) in [6.45, 7) is 2.41. The number of pyridine rings is 1. The van der Waals surface area contributed by atoms with Crippen molar-refractivity contribution in [3.05, 3.63) is 71.7 Å². The molecule has 35 heavy (non-hydrogen) atoms. The average Bonchev–Trinajstić information content (AvgIpc) is 3.27. The van der Waals surface area contributed by atoms with Crippen LogP contribution in [0, 0.1) is 0 Å². The van der Waals surface area contributed by atoms with Gasteiger partial charge in [-0.3, -0.25) is 9.78 Å². The van der Waals surface area contributed by atoms with Crippen molar-refractivity contribution in [3.63, 3.8) is 0 Å². The van der Waals surface area contributed by atoms with E-state index >= 15 is 0 Å². The molecule has 188 valence electrons. The number of carbonyl (C=O) groups is 1. The fourth-order valence-corrected chi connectivity index (χ4v) is 3.18. The molecule has 2 heterocycles. The number of halogens is 6. The van der Waals surface area contributed by atoms with Crippen LogP contribution in [-0.4, -0.2) is 34.8 Å². The molecule has 0 unspecified atom stereocenters. The highest BCUT2D eigenvalue weighted by atomic mass is 19.4. The molecule has 0 bridgehead atoms. The van der Waals surface area contributed by atoms with Crippen molar-refractivity contribution in [1.82, 2.24) is 15.3 Å². The molecule has 3 rings (SSSR count). The number of amides is 1. The Morgan fingerprint density at radius 3 is 2.37 bits per heavy atom. The smallest absolute Gasteiger partial charge is 0.422 e. The second kappa shape index (κ2) is 9.63. The highest BCUT2D eigenvalue weighted by Gasteiger charge is 2.48. The van der Waals surface area contributed by atoms with Crippen molar-refractivity contribution in [3.8, 4) is 17.0 Å². The van der Waals surface area contributed by atoms with Crippen LogP contribution < -0.4 is 10.1 Å². The molecule has 0 aliphatic rings. The molecule has 2 aromatic heterocycles. The van der Waals surface area contributed by atoms with Crippen LogP contribution in [0.2, 0.25) is 0 Å². The average molecular weight is 499 g/mol. The molecule has 0 aliphatic heterocycles. The fourth-order valence-electron chi connectivity index (χ4n) is 3.18. The van der Waals surface area contributed by atoms with Crippen LogP contribution in [0.25, 0.3) is 11.3 Å². The molecule has 0 radical (unpaired) electrons. The van der Waals surface area contributed by atoms with E-state index in [2.05, 4.69) is 20.0 Å². The molecule has 2 N–H and O–H groups in total. The third kappa shape index (κ3) is 6.34. The summed E-state index contributed by atoms with van der Waals surface area (Å²) in [6, 6.07) is 11.3. The van der Waals surface area contributed by atoms with Gasteiger partial charge in [0.25, 0.3) is 5.91 Å². The molecule has 3 aromatic rings. The van der Waals surface area contributed by atoms with E-state index in [1.54, 1.807) is 19.1 Å². The van der Waals surface area contributed by atoms with Gasteiger partial charge in [0, 0.05) is 5.69 Å². The van der Waals surface area contributed by atoms with E-state index in [4.69, 9.17) is 0 Å². The molecule has 0 fully saturated rings. The standard InChI is InChI=1S/C24H23F6N3O2/c1-14(18-8-7-17(12-31-18)35-13-23(25,26)27)32-21(34)20-10-9-19(33-20)15-5-4-6-16(11-15)22(2,3)24(28,29)30/h4-12,14,33H,13H2,1-3H3,(H,32,34)/t14-/m1/s1. The molecular formula is C24H23F6N3O2. The molecule has 1 atom stereocenters. The van der Waals surface area contributed by atoms with Crippen LogP contribution in [0.1, 0.15) is 48.6 Å². The normalized spacial score (nSPS) is 13.4.